The second-order valence-corrected chi connectivity index (χ2v) is 6.06. The van der Waals surface area contributed by atoms with Gasteiger partial charge in [0.25, 0.3) is 0 Å². The summed E-state index contributed by atoms with van der Waals surface area (Å²) in [5, 5.41) is 4.58. The van der Waals surface area contributed by atoms with Gasteiger partial charge in [-0.1, -0.05) is 0 Å². The van der Waals surface area contributed by atoms with E-state index in [1.54, 1.807) is 0 Å². The number of nitrogens with zero attached hydrogens (tertiary/aromatic N) is 3. The van der Waals surface area contributed by atoms with E-state index in [1.807, 2.05) is 25.4 Å². The third kappa shape index (κ3) is 2.57. The molecule has 0 unspecified atom stereocenters. The standard InChI is InChI=1S/C18H20N4O/c1-12-3-7-19-13(2)17(12)21-18-15-5-9-22(11-14-6-10-23-14)16(15)4-8-20-18/h3-5,7-9,14H,6,10-11H2,1-2H3,(H,20,21)/t14-/m0/s1. The molecule has 0 bridgehead atoms. The van der Waals surface area contributed by atoms with Gasteiger partial charge in [-0.25, -0.2) is 4.98 Å². The lowest BCUT2D eigenvalue weighted by molar-refractivity contribution is -0.0586. The maximum Gasteiger partial charge on any atom is 0.139 e. The van der Waals surface area contributed by atoms with Gasteiger partial charge in [-0.15, -0.1) is 0 Å². The summed E-state index contributed by atoms with van der Waals surface area (Å²) in [6.07, 6.45) is 7.28. The quantitative estimate of drug-likeness (QED) is 0.800. The van der Waals surface area contributed by atoms with Crippen molar-refractivity contribution in [3.63, 3.8) is 0 Å². The number of aromatic nitrogens is 3. The lowest BCUT2D eigenvalue weighted by atomic mass is 10.2. The van der Waals surface area contributed by atoms with Gasteiger partial charge in [0, 0.05) is 37.1 Å². The van der Waals surface area contributed by atoms with Crippen molar-refractivity contribution >= 4 is 22.4 Å². The van der Waals surface area contributed by atoms with Crippen LogP contribution >= 0.6 is 0 Å². The van der Waals surface area contributed by atoms with Crippen molar-refractivity contribution in [2.45, 2.75) is 32.9 Å². The van der Waals surface area contributed by atoms with Gasteiger partial charge in [-0.3, -0.25) is 4.98 Å². The summed E-state index contributed by atoms with van der Waals surface area (Å²) in [7, 11) is 0. The molecule has 0 spiro atoms. The molecule has 0 aromatic carbocycles. The average molecular weight is 308 g/mol. The zero-order valence-corrected chi connectivity index (χ0v) is 13.4. The Morgan fingerprint density at radius 2 is 2.04 bits per heavy atom. The zero-order chi connectivity index (χ0) is 15.8. The van der Waals surface area contributed by atoms with Crippen molar-refractivity contribution in [1.82, 2.24) is 14.5 Å². The number of aryl methyl sites for hydroxylation is 2. The maximum atomic E-state index is 5.55. The van der Waals surface area contributed by atoms with Crippen LogP contribution in [0.1, 0.15) is 17.7 Å². The largest absolute Gasteiger partial charge is 0.376 e. The fourth-order valence-electron chi connectivity index (χ4n) is 3.03. The normalized spacial score (nSPS) is 17.2. The number of pyridine rings is 2. The first-order valence-corrected chi connectivity index (χ1v) is 7.97. The van der Waals surface area contributed by atoms with E-state index in [9.17, 15) is 0 Å². The Morgan fingerprint density at radius 3 is 2.78 bits per heavy atom. The van der Waals surface area contributed by atoms with Gasteiger partial charge in [0.2, 0.25) is 0 Å². The predicted octanol–water partition coefficient (Wildman–Crippen LogP) is 3.58. The molecule has 1 aliphatic heterocycles. The number of fused-ring (bicyclic) bond motifs is 1. The summed E-state index contributed by atoms with van der Waals surface area (Å²) in [6.45, 7) is 5.88. The summed E-state index contributed by atoms with van der Waals surface area (Å²) in [6, 6.07) is 6.18. The van der Waals surface area contributed by atoms with Crippen molar-refractivity contribution < 1.29 is 4.74 Å². The Kier molecular flexibility index (Phi) is 3.50. The third-order valence-electron chi connectivity index (χ3n) is 4.48. The van der Waals surface area contributed by atoms with Crippen LogP contribution < -0.4 is 5.32 Å². The van der Waals surface area contributed by atoms with E-state index in [-0.39, 0.29) is 0 Å². The minimum atomic E-state index is 0.345. The highest BCUT2D eigenvalue weighted by atomic mass is 16.5. The van der Waals surface area contributed by atoms with Crippen molar-refractivity contribution in [3.8, 4) is 0 Å². The molecule has 5 nitrogen and oxygen atoms in total. The number of hydrogen-bond acceptors (Lipinski definition) is 4. The molecule has 3 aromatic heterocycles. The lowest BCUT2D eigenvalue weighted by Crippen LogP contribution is -2.30. The molecule has 1 aliphatic rings. The monoisotopic (exact) mass is 308 g/mol. The molecule has 4 rings (SSSR count). The summed E-state index contributed by atoms with van der Waals surface area (Å²) in [4.78, 5) is 8.89. The van der Waals surface area contributed by atoms with Crippen molar-refractivity contribution in [1.29, 1.82) is 0 Å². The minimum Gasteiger partial charge on any atom is -0.376 e. The van der Waals surface area contributed by atoms with Gasteiger partial charge in [0.05, 0.1) is 23.0 Å². The second-order valence-electron chi connectivity index (χ2n) is 6.06. The highest BCUT2D eigenvalue weighted by molar-refractivity contribution is 5.92. The number of hydrogen-bond donors (Lipinski definition) is 1. The van der Waals surface area contributed by atoms with Crippen LogP contribution in [0.2, 0.25) is 0 Å². The summed E-state index contributed by atoms with van der Waals surface area (Å²) >= 11 is 0. The van der Waals surface area contributed by atoms with Gasteiger partial charge in [-0.2, -0.15) is 0 Å². The van der Waals surface area contributed by atoms with Crippen LogP contribution in [0.4, 0.5) is 11.5 Å². The van der Waals surface area contributed by atoms with Crippen molar-refractivity contribution in [3.05, 3.63) is 48.0 Å². The zero-order valence-electron chi connectivity index (χ0n) is 13.4. The Hall–Kier alpha value is -2.40. The van der Waals surface area contributed by atoms with Crippen LogP contribution in [-0.4, -0.2) is 27.2 Å². The molecule has 0 radical (unpaired) electrons. The highest BCUT2D eigenvalue weighted by Gasteiger charge is 2.19. The number of ether oxygens (including phenoxy) is 1. The van der Waals surface area contributed by atoms with Crippen molar-refractivity contribution in [2.75, 3.05) is 11.9 Å². The summed E-state index contributed by atoms with van der Waals surface area (Å²) in [5.74, 6) is 0.870. The van der Waals surface area contributed by atoms with Gasteiger partial charge in [0.15, 0.2) is 0 Å². The van der Waals surface area contributed by atoms with E-state index in [2.05, 4.69) is 45.1 Å². The van der Waals surface area contributed by atoms with Crippen molar-refractivity contribution in [2.24, 2.45) is 0 Å². The average Bonchev–Trinajstić information content (AvgIpc) is 2.91. The molecule has 118 valence electrons. The minimum absolute atomic E-state index is 0.345. The molecule has 1 saturated heterocycles. The van der Waals surface area contributed by atoms with Crippen LogP contribution in [0.15, 0.2) is 36.8 Å². The maximum absolute atomic E-state index is 5.55. The third-order valence-corrected chi connectivity index (χ3v) is 4.48. The molecule has 1 N–H and O–H groups in total. The Morgan fingerprint density at radius 1 is 1.22 bits per heavy atom. The molecule has 0 aliphatic carbocycles. The molecule has 3 aromatic rings. The molecule has 0 amide bonds. The second kappa shape index (κ2) is 5.66. The van der Waals surface area contributed by atoms with Gasteiger partial charge in [-0.05, 0) is 44.0 Å². The first-order chi connectivity index (χ1) is 11.2. The molecular formula is C18H20N4O. The molecule has 23 heavy (non-hydrogen) atoms. The molecule has 0 saturated carbocycles. The van der Waals surface area contributed by atoms with Gasteiger partial charge >= 0.3 is 0 Å². The molecule has 4 heterocycles. The number of nitrogens with one attached hydrogen (secondary N) is 1. The van der Waals surface area contributed by atoms with Crippen LogP contribution in [0.3, 0.4) is 0 Å². The van der Waals surface area contributed by atoms with E-state index >= 15 is 0 Å². The van der Waals surface area contributed by atoms with E-state index < -0.39 is 0 Å². The van der Waals surface area contributed by atoms with E-state index in [4.69, 9.17) is 4.74 Å². The molecular weight excluding hydrogens is 288 g/mol. The van der Waals surface area contributed by atoms with Crippen LogP contribution in [0.25, 0.3) is 10.9 Å². The van der Waals surface area contributed by atoms with E-state index in [0.717, 1.165) is 42.2 Å². The molecule has 1 fully saturated rings. The smallest absolute Gasteiger partial charge is 0.139 e. The Bertz CT molecular complexity index is 831. The number of rotatable bonds is 4. The lowest BCUT2D eigenvalue weighted by Gasteiger charge is -2.27. The summed E-state index contributed by atoms with van der Waals surface area (Å²) < 4.78 is 7.79. The van der Waals surface area contributed by atoms with Crippen LogP contribution in [-0.2, 0) is 11.3 Å². The Balaban J connectivity index is 1.70. The predicted molar refractivity (Wildman–Crippen MR) is 91.1 cm³/mol. The van der Waals surface area contributed by atoms with Crippen LogP contribution in [0.5, 0.6) is 0 Å². The topological polar surface area (TPSA) is 52.0 Å². The van der Waals surface area contributed by atoms with Crippen LogP contribution in [0, 0.1) is 13.8 Å². The highest BCUT2D eigenvalue weighted by Crippen LogP contribution is 2.28. The summed E-state index contributed by atoms with van der Waals surface area (Å²) in [5.41, 5.74) is 4.35. The fraction of sp³-hybridized carbons (Fsp3) is 0.333. The Labute approximate surface area is 135 Å². The first-order valence-electron chi connectivity index (χ1n) is 7.97. The van der Waals surface area contributed by atoms with Gasteiger partial charge in [0.1, 0.15) is 5.82 Å². The first kappa shape index (κ1) is 14.2. The SMILES string of the molecule is Cc1ccnc(C)c1Nc1nccc2c1ccn2C[C@@H]1CCO1. The fourth-order valence-corrected chi connectivity index (χ4v) is 3.03. The molecule has 1 atom stereocenters. The number of anilines is 2. The van der Waals surface area contributed by atoms with E-state index in [1.165, 1.54) is 11.1 Å². The van der Waals surface area contributed by atoms with E-state index in [0.29, 0.717) is 6.10 Å². The molecule has 5 heteroatoms. The van der Waals surface area contributed by atoms with Gasteiger partial charge < -0.3 is 14.6 Å².